The Balaban J connectivity index is 2.18. The molecule has 1 nitrogen and oxygen atoms in total. The normalized spacial score (nSPS) is 10.8. The van der Waals surface area contributed by atoms with Crippen LogP contribution in [0.25, 0.3) is 0 Å². The van der Waals surface area contributed by atoms with Gasteiger partial charge < -0.3 is 5.32 Å². The van der Waals surface area contributed by atoms with Gasteiger partial charge in [-0.2, -0.15) is 0 Å². The molecule has 0 radical (unpaired) electrons. The molecular formula is C16H17BrFNS. The van der Waals surface area contributed by atoms with E-state index in [1.54, 1.807) is 6.07 Å². The largest absolute Gasteiger partial charge is 0.313 e. The van der Waals surface area contributed by atoms with Crippen molar-refractivity contribution in [2.45, 2.75) is 29.7 Å². The minimum absolute atomic E-state index is 0.159. The predicted octanol–water partition coefficient (Wildman–Crippen LogP) is 5.24. The standard InChI is InChI=1S/C16H17BrFNS/c1-2-10-19-11-12-4-3-5-15(18)16(12)20-14-8-6-13(17)7-9-14/h3-9,19H,2,10-11H2,1H3. The zero-order chi connectivity index (χ0) is 14.4. The van der Waals surface area contributed by atoms with Crippen molar-refractivity contribution >= 4 is 27.7 Å². The van der Waals surface area contributed by atoms with E-state index in [1.165, 1.54) is 17.8 Å². The first-order valence-electron chi connectivity index (χ1n) is 6.62. The van der Waals surface area contributed by atoms with E-state index in [2.05, 4.69) is 28.2 Å². The van der Waals surface area contributed by atoms with E-state index < -0.39 is 0 Å². The average molecular weight is 354 g/mol. The van der Waals surface area contributed by atoms with Crippen LogP contribution in [0.4, 0.5) is 4.39 Å². The van der Waals surface area contributed by atoms with Crippen LogP contribution in [0, 0.1) is 5.82 Å². The van der Waals surface area contributed by atoms with Gasteiger partial charge in [0.05, 0.1) is 4.90 Å². The highest BCUT2D eigenvalue weighted by Gasteiger charge is 2.10. The SMILES string of the molecule is CCCNCc1cccc(F)c1Sc1ccc(Br)cc1. The molecule has 106 valence electrons. The summed E-state index contributed by atoms with van der Waals surface area (Å²) in [6.07, 6.45) is 1.07. The van der Waals surface area contributed by atoms with Crippen molar-refractivity contribution in [3.05, 3.63) is 58.3 Å². The lowest BCUT2D eigenvalue weighted by atomic mass is 10.2. The highest BCUT2D eigenvalue weighted by atomic mass is 79.9. The van der Waals surface area contributed by atoms with Crippen LogP contribution >= 0.6 is 27.7 Å². The molecule has 0 aliphatic heterocycles. The Bertz CT molecular complexity index is 557. The maximum Gasteiger partial charge on any atom is 0.137 e. The van der Waals surface area contributed by atoms with E-state index in [-0.39, 0.29) is 5.82 Å². The highest BCUT2D eigenvalue weighted by molar-refractivity contribution is 9.10. The molecule has 4 heteroatoms. The summed E-state index contributed by atoms with van der Waals surface area (Å²) in [5, 5.41) is 3.33. The van der Waals surface area contributed by atoms with Gasteiger partial charge in [-0.05, 0) is 48.9 Å². The summed E-state index contributed by atoms with van der Waals surface area (Å²) in [4.78, 5) is 1.74. The van der Waals surface area contributed by atoms with Gasteiger partial charge in [-0.15, -0.1) is 0 Å². The van der Waals surface area contributed by atoms with Crippen LogP contribution in [0.2, 0.25) is 0 Å². The van der Waals surface area contributed by atoms with Gasteiger partial charge in [-0.25, -0.2) is 4.39 Å². The third kappa shape index (κ3) is 4.33. The molecule has 2 aromatic carbocycles. The van der Waals surface area contributed by atoms with Crippen LogP contribution < -0.4 is 5.32 Å². The predicted molar refractivity (Wildman–Crippen MR) is 86.7 cm³/mol. The van der Waals surface area contributed by atoms with Crippen molar-refractivity contribution < 1.29 is 4.39 Å². The van der Waals surface area contributed by atoms with Crippen LogP contribution in [-0.4, -0.2) is 6.54 Å². The minimum Gasteiger partial charge on any atom is -0.313 e. The van der Waals surface area contributed by atoms with Crippen LogP contribution in [-0.2, 0) is 6.54 Å². The first-order valence-corrected chi connectivity index (χ1v) is 8.23. The molecule has 0 atom stereocenters. The summed E-state index contributed by atoms with van der Waals surface area (Å²) >= 11 is 4.88. The summed E-state index contributed by atoms with van der Waals surface area (Å²) in [7, 11) is 0. The fraction of sp³-hybridized carbons (Fsp3) is 0.250. The summed E-state index contributed by atoms with van der Waals surface area (Å²) < 4.78 is 15.1. The van der Waals surface area contributed by atoms with Gasteiger partial charge in [0.15, 0.2) is 0 Å². The number of rotatable bonds is 6. The summed E-state index contributed by atoms with van der Waals surface area (Å²) in [5.74, 6) is -0.159. The van der Waals surface area contributed by atoms with Crippen LogP contribution in [0.3, 0.4) is 0 Å². The fourth-order valence-electron chi connectivity index (χ4n) is 1.83. The molecule has 0 bridgehead atoms. The Kier molecular flexibility index (Phi) is 6.07. The Morgan fingerprint density at radius 1 is 1.15 bits per heavy atom. The van der Waals surface area contributed by atoms with E-state index in [9.17, 15) is 4.39 Å². The summed E-state index contributed by atoms with van der Waals surface area (Å²) in [6.45, 7) is 3.76. The Morgan fingerprint density at radius 2 is 1.90 bits per heavy atom. The molecule has 0 aliphatic rings. The zero-order valence-corrected chi connectivity index (χ0v) is 13.7. The van der Waals surface area contributed by atoms with Crippen molar-refractivity contribution in [1.82, 2.24) is 5.32 Å². The number of hydrogen-bond acceptors (Lipinski definition) is 2. The quantitative estimate of drug-likeness (QED) is 0.712. The van der Waals surface area contributed by atoms with Crippen LogP contribution in [0.5, 0.6) is 0 Å². The molecule has 0 aliphatic carbocycles. The van der Waals surface area contributed by atoms with E-state index in [4.69, 9.17) is 0 Å². The number of halogens is 2. The molecule has 0 heterocycles. The lowest BCUT2D eigenvalue weighted by Crippen LogP contribution is -2.14. The molecule has 1 N–H and O–H groups in total. The van der Waals surface area contributed by atoms with Crippen LogP contribution in [0.1, 0.15) is 18.9 Å². The van der Waals surface area contributed by atoms with Crippen molar-refractivity contribution in [2.24, 2.45) is 0 Å². The second-order valence-corrected chi connectivity index (χ2v) is 6.46. The Labute approximate surface area is 132 Å². The molecule has 20 heavy (non-hydrogen) atoms. The third-order valence-electron chi connectivity index (χ3n) is 2.82. The lowest BCUT2D eigenvalue weighted by molar-refractivity contribution is 0.589. The second-order valence-electron chi connectivity index (χ2n) is 4.46. The second kappa shape index (κ2) is 7.81. The minimum atomic E-state index is -0.159. The van der Waals surface area contributed by atoms with Crippen LogP contribution in [0.15, 0.2) is 56.7 Å². The van der Waals surface area contributed by atoms with Gasteiger partial charge >= 0.3 is 0 Å². The first kappa shape index (κ1) is 15.5. The highest BCUT2D eigenvalue weighted by Crippen LogP contribution is 2.33. The molecule has 0 aromatic heterocycles. The van der Waals surface area contributed by atoms with E-state index >= 15 is 0 Å². The topological polar surface area (TPSA) is 12.0 Å². The number of benzene rings is 2. The number of nitrogens with one attached hydrogen (secondary N) is 1. The zero-order valence-electron chi connectivity index (χ0n) is 11.3. The number of hydrogen-bond donors (Lipinski definition) is 1. The third-order valence-corrected chi connectivity index (χ3v) is 4.52. The molecule has 2 rings (SSSR count). The molecule has 0 saturated carbocycles. The molecule has 2 aromatic rings. The summed E-state index contributed by atoms with van der Waals surface area (Å²) in [5.41, 5.74) is 1.01. The van der Waals surface area contributed by atoms with E-state index in [0.29, 0.717) is 11.4 Å². The van der Waals surface area contributed by atoms with Gasteiger partial charge in [0.25, 0.3) is 0 Å². The van der Waals surface area contributed by atoms with Crippen molar-refractivity contribution in [3.63, 3.8) is 0 Å². The maximum atomic E-state index is 14.1. The molecule has 0 unspecified atom stereocenters. The van der Waals surface area contributed by atoms with Gasteiger partial charge in [-0.3, -0.25) is 0 Å². The Morgan fingerprint density at radius 3 is 2.60 bits per heavy atom. The van der Waals surface area contributed by atoms with Gasteiger partial charge in [0.1, 0.15) is 5.82 Å². The monoisotopic (exact) mass is 353 g/mol. The molecule has 0 fully saturated rings. The van der Waals surface area contributed by atoms with Gasteiger partial charge in [0, 0.05) is 15.9 Å². The Hall–Kier alpha value is -0.840. The van der Waals surface area contributed by atoms with Crippen molar-refractivity contribution in [1.29, 1.82) is 0 Å². The molecule has 0 spiro atoms. The smallest absolute Gasteiger partial charge is 0.137 e. The average Bonchev–Trinajstić information content (AvgIpc) is 2.45. The summed E-state index contributed by atoms with van der Waals surface area (Å²) in [6, 6.07) is 13.2. The molecule has 0 saturated heterocycles. The van der Waals surface area contributed by atoms with Gasteiger partial charge in [0.2, 0.25) is 0 Å². The van der Waals surface area contributed by atoms with E-state index in [1.807, 2.05) is 30.3 Å². The first-order chi connectivity index (χ1) is 9.70. The fourth-order valence-corrected chi connectivity index (χ4v) is 3.04. The van der Waals surface area contributed by atoms with Gasteiger partial charge in [-0.1, -0.05) is 46.7 Å². The lowest BCUT2D eigenvalue weighted by Gasteiger charge is -2.11. The van der Waals surface area contributed by atoms with Crippen molar-refractivity contribution in [3.8, 4) is 0 Å². The van der Waals surface area contributed by atoms with E-state index in [0.717, 1.165) is 27.9 Å². The molecule has 0 amide bonds. The van der Waals surface area contributed by atoms with Crippen molar-refractivity contribution in [2.75, 3.05) is 6.54 Å². The molecular weight excluding hydrogens is 337 g/mol. The maximum absolute atomic E-state index is 14.1.